The Morgan fingerprint density at radius 1 is 0.234 bits per heavy atom. The zero-order valence-corrected chi connectivity index (χ0v) is 35.7. The topological polar surface area (TPSA) is 162 Å². The summed E-state index contributed by atoms with van der Waals surface area (Å²) in [4.78, 5) is 0. The van der Waals surface area contributed by atoms with Crippen molar-refractivity contribution in [1.29, 1.82) is 0 Å². The molecule has 8 aromatic rings. The monoisotopic (exact) mass is 848 g/mol. The molecule has 0 radical (unpaired) electrons. The van der Waals surface area contributed by atoms with Gasteiger partial charge in [0.15, 0.2) is 0 Å². The first-order valence-corrected chi connectivity index (χ1v) is 21.2. The predicted octanol–water partition coefficient (Wildman–Crippen LogP) is 11.6. The van der Waals surface area contributed by atoms with Crippen LogP contribution in [0.2, 0.25) is 0 Å². The van der Waals surface area contributed by atoms with E-state index in [4.69, 9.17) is 0 Å². The third-order valence-electron chi connectivity index (χ3n) is 12.7. The van der Waals surface area contributed by atoms with E-state index in [2.05, 4.69) is 0 Å². The van der Waals surface area contributed by atoms with Gasteiger partial charge >= 0.3 is 0 Å². The molecule has 9 rings (SSSR count). The number of rotatable bonds is 4. The van der Waals surface area contributed by atoms with Crippen LogP contribution in [0.5, 0.6) is 46.0 Å². The molecule has 8 bridgehead atoms. The van der Waals surface area contributed by atoms with Crippen LogP contribution in [0.4, 0.5) is 0 Å². The zero-order valence-electron chi connectivity index (χ0n) is 35.7. The molecular formula is C56H48O8. The highest BCUT2D eigenvalue weighted by Crippen LogP contribution is 2.53. The summed E-state index contributed by atoms with van der Waals surface area (Å²) in [5, 5.41) is 96.1. The van der Waals surface area contributed by atoms with Gasteiger partial charge in [-0.1, -0.05) is 119 Å². The first kappa shape index (κ1) is 41.5. The van der Waals surface area contributed by atoms with Crippen LogP contribution in [0.3, 0.4) is 0 Å². The highest BCUT2D eigenvalue weighted by atomic mass is 16.3. The molecule has 8 heteroatoms. The summed E-state index contributed by atoms with van der Waals surface area (Å²) in [6, 6.07) is 42.4. The van der Waals surface area contributed by atoms with E-state index in [-0.39, 0.29) is 46.0 Å². The number of benzene rings is 8. The van der Waals surface area contributed by atoms with Gasteiger partial charge in [-0.3, -0.25) is 0 Å². The quantitative estimate of drug-likeness (QED) is 0.0868. The van der Waals surface area contributed by atoms with Crippen molar-refractivity contribution in [2.75, 3.05) is 0 Å². The minimum atomic E-state index is -0.901. The first-order valence-electron chi connectivity index (χ1n) is 21.2. The van der Waals surface area contributed by atoms with Gasteiger partial charge < -0.3 is 40.9 Å². The van der Waals surface area contributed by atoms with Crippen LogP contribution in [0.1, 0.15) is 113 Å². The molecule has 64 heavy (non-hydrogen) atoms. The fourth-order valence-corrected chi connectivity index (χ4v) is 9.80. The summed E-state index contributed by atoms with van der Waals surface area (Å²) in [6.45, 7) is 7.74. The van der Waals surface area contributed by atoms with Crippen LogP contribution in [0.25, 0.3) is 0 Å². The summed E-state index contributed by atoms with van der Waals surface area (Å²) < 4.78 is 0. The van der Waals surface area contributed by atoms with E-state index in [0.717, 1.165) is 22.3 Å². The second-order valence-corrected chi connectivity index (χ2v) is 17.3. The molecule has 0 atom stereocenters. The second kappa shape index (κ2) is 16.1. The lowest BCUT2D eigenvalue weighted by Crippen LogP contribution is -2.13. The SMILES string of the molecule is Cc1cccc(C2c3cc(c(O)cc3O)C(c3cccc(C)c3)c3cc(c(O)cc3O)C(c3cccc(C)c3)c3cc(c(O)cc3O)C(c3cccc(C)c3)c3cc2c(O)cc3O)c1. The number of hydrogen-bond donors (Lipinski definition) is 8. The standard InChI is InChI=1S/C56H48O8/c1-29-9-5-13-33(17-29)53-37-21-39(47(59)25-45(37)57)54(34-14-6-10-30(2)18-34)41-23-43(51(63)27-49(41)61)56(36-16-8-12-32(4)20-36)44-24-42(50(62)28-52(44)64)55(35-15-7-11-31(3)19-35)40-22-38(53)46(58)26-48(40)60/h5-28,53-64H,1-4H3. The van der Waals surface area contributed by atoms with Crippen LogP contribution in [-0.4, -0.2) is 40.9 Å². The van der Waals surface area contributed by atoms with Crippen LogP contribution in [-0.2, 0) is 0 Å². The molecule has 0 saturated heterocycles. The van der Waals surface area contributed by atoms with Gasteiger partial charge in [0.2, 0.25) is 0 Å². The molecule has 0 fully saturated rings. The lowest BCUT2D eigenvalue weighted by molar-refractivity contribution is 0.431. The highest BCUT2D eigenvalue weighted by molar-refractivity contribution is 5.67. The minimum absolute atomic E-state index is 0.267. The van der Waals surface area contributed by atoms with Gasteiger partial charge in [-0.25, -0.2) is 0 Å². The summed E-state index contributed by atoms with van der Waals surface area (Å²) >= 11 is 0. The van der Waals surface area contributed by atoms with Gasteiger partial charge in [-0.15, -0.1) is 0 Å². The Hall–Kier alpha value is -7.84. The third kappa shape index (κ3) is 7.36. The fraction of sp³-hybridized carbons (Fsp3) is 0.143. The molecular weight excluding hydrogens is 801 g/mol. The van der Waals surface area contributed by atoms with Crippen LogP contribution in [0, 0.1) is 27.7 Å². The number of fused-ring (bicyclic) bond motifs is 8. The highest BCUT2D eigenvalue weighted by Gasteiger charge is 2.35. The molecule has 0 aliphatic heterocycles. The normalized spacial score (nSPS) is 16.9. The minimum Gasteiger partial charge on any atom is -0.507 e. The summed E-state index contributed by atoms with van der Waals surface area (Å²) in [7, 11) is 0. The van der Waals surface area contributed by atoms with Crippen molar-refractivity contribution in [2.45, 2.75) is 51.4 Å². The van der Waals surface area contributed by atoms with Gasteiger partial charge in [-0.05, 0) is 74.2 Å². The Morgan fingerprint density at radius 2 is 0.406 bits per heavy atom. The van der Waals surface area contributed by atoms with Crippen LogP contribution < -0.4 is 0 Å². The predicted molar refractivity (Wildman–Crippen MR) is 248 cm³/mol. The third-order valence-corrected chi connectivity index (χ3v) is 12.7. The molecule has 0 heterocycles. The van der Waals surface area contributed by atoms with E-state index < -0.39 is 23.7 Å². The van der Waals surface area contributed by atoms with Crippen LogP contribution >= 0.6 is 0 Å². The zero-order chi connectivity index (χ0) is 45.1. The number of hydrogen-bond acceptors (Lipinski definition) is 8. The number of aromatic hydroxyl groups is 8. The van der Waals surface area contributed by atoms with Crippen LogP contribution in [0.15, 0.2) is 146 Å². The Kier molecular flexibility index (Phi) is 10.5. The van der Waals surface area contributed by atoms with Gasteiger partial charge in [0.25, 0.3) is 0 Å². The molecule has 0 saturated carbocycles. The smallest absolute Gasteiger partial charge is 0.123 e. The van der Waals surface area contributed by atoms with Gasteiger partial charge in [0.05, 0.1) is 0 Å². The van der Waals surface area contributed by atoms with E-state index in [1.165, 1.54) is 24.3 Å². The average molecular weight is 849 g/mol. The van der Waals surface area contributed by atoms with Crippen molar-refractivity contribution in [3.05, 3.63) is 235 Å². The number of aryl methyl sites for hydroxylation is 4. The Balaban J connectivity index is 1.49. The maximum Gasteiger partial charge on any atom is 0.123 e. The van der Waals surface area contributed by atoms with Gasteiger partial charge in [0, 0.05) is 92.4 Å². The maximum absolute atomic E-state index is 12.0. The number of phenols is 8. The van der Waals surface area contributed by atoms with Crippen molar-refractivity contribution in [3.8, 4) is 46.0 Å². The molecule has 8 N–H and O–H groups in total. The van der Waals surface area contributed by atoms with E-state index in [1.807, 2.05) is 125 Å². The molecule has 320 valence electrons. The molecule has 8 nitrogen and oxygen atoms in total. The molecule has 0 amide bonds. The van der Waals surface area contributed by atoms with E-state index in [0.29, 0.717) is 66.8 Å². The Labute approximate surface area is 371 Å². The molecule has 0 unspecified atom stereocenters. The van der Waals surface area contributed by atoms with E-state index in [9.17, 15) is 40.9 Å². The Morgan fingerprint density at radius 3 is 0.562 bits per heavy atom. The summed E-state index contributed by atoms with van der Waals surface area (Å²) in [5.41, 5.74) is 8.87. The molecule has 0 aromatic heterocycles. The van der Waals surface area contributed by atoms with Gasteiger partial charge in [-0.2, -0.15) is 0 Å². The first-order chi connectivity index (χ1) is 30.7. The fourth-order valence-electron chi connectivity index (χ4n) is 9.80. The molecule has 8 aromatic carbocycles. The van der Waals surface area contributed by atoms with Crippen molar-refractivity contribution in [3.63, 3.8) is 0 Å². The largest absolute Gasteiger partial charge is 0.507 e. The van der Waals surface area contributed by atoms with Gasteiger partial charge in [0.1, 0.15) is 46.0 Å². The molecule has 0 spiro atoms. The molecule has 1 aliphatic rings. The summed E-state index contributed by atoms with van der Waals surface area (Å²) in [6.07, 6.45) is 0. The summed E-state index contributed by atoms with van der Waals surface area (Å²) in [5.74, 6) is -5.74. The average Bonchev–Trinajstić information content (AvgIpc) is 3.23. The maximum atomic E-state index is 12.0. The Bertz CT molecular complexity index is 2610. The van der Waals surface area contributed by atoms with E-state index in [1.54, 1.807) is 24.3 Å². The number of phenolic OH excluding ortho intramolecular Hbond substituents is 8. The van der Waals surface area contributed by atoms with Crippen molar-refractivity contribution in [2.24, 2.45) is 0 Å². The molecule has 1 aliphatic carbocycles. The van der Waals surface area contributed by atoms with Crippen molar-refractivity contribution >= 4 is 0 Å². The van der Waals surface area contributed by atoms with Crippen molar-refractivity contribution in [1.82, 2.24) is 0 Å². The lowest BCUT2D eigenvalue weighted by Gasteiger charge is -2.30. The lowest BCUT2D eigenvalue weighted by atomic mass is 9.75. The van der Waals surface area contributed by atoms with E-state index >= 15 is 0 Å². The van der Waals surface area contributed by atoms with Crippen molar-refractivity contribution < 1.29 is 40.9 Å². The second-order valence-electron chi connectivity index (χ2n) is 17.3.